The van der Waals surface area contributed by atoms with Gasteiger partial charge in [0.05, 0.1) is 18.9 Å². The third-order valence-electron chi connectivity index (χ3n) is 5.70. The van der Waals surface area contributed by atoms with Gasteiger partial charge in [-0.3, -0.25) is 0 Å². The van der Waals surface area contributed by atoms with Gasteiger partial charge in [-0.05, 0) is 68.6 Å². The second-order valence-electron chi connectivity index (χ2n) is 8.04. The zero-order valence-electron chi connectivity index (χ0n) is 19.2. The number of oxazole rings is 1. The van der Waals surface area contributed by atoms with Gasteiger partial charge in [0.2, 0.25) is 5.89 Å². The Morgan fingerprint density at radius 3 is 2.67 bits per heavy atom. The third-order valence-corrected chi connectivity index (χ3v) is 5.70. The van der Waals surface area contributed by atoms with Crippen LogP contribution in [0.5, 0.6) is 5.75 Å². The summed E-state index contributed by atoms with van der Waals surface area (Å²) in [6.45, 7) is 6.21. The Bertz CT molecular complexity index is 1100. The number of ether oxygens (including phenoxy) is 2. The van der Waals surface area contributed by atoms with Gasteiger partial charge in [0.25, 0.3) is 0 Å². The second-order valence-corrected chi connectivity index (χ2v) is 8.04. The first kappa shape index (κ1) is 22.8. The number of aromatic nitrogens is 1. The highest BCUT2D eigenvalue weighted by Gasteiger charge is 2.20. The van der Waals surface area contributed by atoms with E-state index in [1.54, 1.807) is 0 Å². The first-order valence-electron chi connectivity index (χ1n) is 11.5. The molecule has 2 heterocycles. The summed E-state index contributed by atoms with van der Waals surface area (Å²) >= 11 is 0. The molecule has 0 saturated heterocycles. The molecule has 0 amide bonds. The summed E-state index contributed by atoms with van der Waals surface area (Å²) in [7, 11) is 0. The van der Waals surface area contributed by atoms with E-state index in [1.165, 1.54) is 0 Å². The summed E-state index contributed by atoms with van der Waals surface area (Å²) in [5, 5.41) is 3.35. The van der Waals surface area contributed by atoms with E-state index >= 15 is 0 Å². The van der Waals surface area contributed by atoms with Crippen molar-refractivity contribution in [3.8, 4) is 17.2 Å². The Kier molecular flexibility index (Phi) is 7.58. The maximum absolute atomic E-state index is 12.3. The molecular formula is C27H30N2O4. The van der Waals surface area contributed by atoms with Crippen molar-refractivity contribution in [2.45, 2.75) is 33.1 Å². The SMILES string of the molecule is CCOC(=O)C1=C(Cc2ccc(OCCc3nc(-c4ccccc4)oc3C)cc2)CNCC1. The molecule has 33 heavy (non-hydrogen) atoms. The highest BCUT2D eigenvalue weighted by atomic mass is 16.5. The highest BCUT2D eigenvalue weighted by molar-refractivity contribution is 5.89. The molecule has 172 valence electrons. The number of esters is 1. The van der Waals surface area contributed by atoms with Crippen LogP contribution < -0.4 is 10.1 Å². The van der Waals surface area contributed by atoms with Crippen LogP contribution in [0.1, 0.15) is 30.4 Å². The molecule has 1 aromatic heterocycles. The van der Waals surface area contributed by atoms with Gasteiger partial charge in [-0.1, -0.05) is 30.3 Å². The standard InChI is InChI=1S/C27H30N2O4/c1-3-31-27(30)24-13-15-28-18-22(24)17-20-9-11-23(12-10-20)32-16-14-25-19(2)33-26(29-25)21-7-5-4-6-8-21/h4-12,28H,3,13-18H2,1-2H3. The van der Waals surface area contributed by atoms with E-state index in [0.717, 1.165) is 52.4 Å². The third kappa shape index (κ3) is 5.90. The van der Waals surface area contributed by atoms with E-state index in [1.807, 2.05) is 56.3 Å². The van der Waals surface area contributed by atoms with Crippen LogP contribution in [-0.2, 0) is 22.4 Å². The lowest BCUT2D eigenvalue weighted by Crippen LogP contribution is -2.29. The van der Waals surface area contributed by atoms with Gasteiger partial charge in [-0.15, -0.1) is 0 Å². The second kappa shape index (κ2) is 11.0. The normalized spacial score (nSPS) is 13.8. The van der Waals surface area contributed by atoms with Crippen molar-refractivity contribution in [1.29, 1.82) is 0 Å². The minimum Gasteiger partial charge on any atom is -0.493 e. The summed E-state index contributed by atoms with van der Waals surface area (Å²) in [6, 6.07) is 17.9. The highest BCUT2D eigenvalue weighted by Crippen LogP contribution is 2.23. The van der Waals surface area contributed by atoms with Crippen molar-refractivity contribution in [2.24, 2.45) is 0 Å². The first-order chi connectivity index (χ1) is 16.1. The fraction of sp³-hybridized carbons (Fsp3) is 0.333. The lowest BCUT2D eigenvalue weighted by molar-refractivity contribution is -0.138. The van der Waals surface area contributed by atoms with Crippen LogP contribution in [0.4, 0.5) is 0 Å². The topological polar surface area (TPSA) is 73.6 Å². The molecule has 2 aromatic carbocycles. The Morgan fingerprint density at radius 1 is 1.12 bits per heavy atom. The van der Waals surface area contributed by atoms with Crippen molar-refractivity contribution in [2.75, 3.05) is 26.3 Å². The van der Waals surface area contributed by atoms with Crippen LogP contribution in [0, 0.1) is 6.92 Å². The van der Waals surface area contributed by atoms with Crippen LogP contribution in [0.25, 0.3) is 11.5 Å². The first-order valence-corrected chi connectivity index (χ1v) is 11.5. The number of nitrogens with one attached hydrogen (secondary N) is 1. The number of aryl methyl sites for hydroxylation is 1. The van der Waals surface area contributed by atoms with Crippen molar-refractivity contribution in [3.63, 3.8) is 0 Å². The largest absolute Gasteiger partial charge is 0.493 e. The van der Waals surface area contributed by atoms with E-state index in [-0.39, 0.29) is 5.97 Å². The molecule has 0 radical (unpaired) electrons. The summed E-state index contributed by atoms with van der Waals surface area (Å²) in [5.74, 6) is 2.08. The molecule has 4 rings (SSSR count). The Labute approximate surface area is 194 Å². The number of hydrogen-bond donors (Lipinski definition) is 1. The number of benzene rings is 2. The lowest BCUT2D eigenvalue weighted by atomic mass is 9.95. The van der Waals surface area contributed by atoms with Gasteiger partial charge >= 0.3 is 5.97 Å². The molecule has 0 atom stereocenters. The average Bonchev–Trinajstić information content (AvgIpc) is 3.22. The van der Waals surface area contributed by atoms with Gasteiger partial charge in [0.15, 0.2) is 0 Å². The summed E-state index contributed by atoms with van der Waals surface area (Å²) in [6.07, 6.45) is 2.11. The van der Waals surface area contributed by atoms with Crippen LogP contribution in [0.15, 0.2) is 70.2 Å². The summed E-state index contributed by atoms with van der Waals surface area (Å²) in [5.41, 5.74) is 4.94. The number of nitrogens with zero attached hydrogens (tertiary/aromatic N) is 1. The van der Waals surface area contributed by atoms with Crippen molar-refractivity contribution < 1.29 is 18.7 Å². The molecule has 0 unspecified atom stereocenters. The molecule has 0 saturated carbocycles. The van der Waals surface area contributed by atoms with Crippen molar-refractivity contribution in [3.05, 3.63) is 82.8 Å². The molecule has 1 aliphatic heterocycles. The maximum atomic E-state index is 12.3. The van der Waals surface area contributed by atoms with Gasteiger partial charge in [0, 0.05) is 24.1 Å². The summed E-state index contributed by atoms with van der Waals surface area (Å²) in [4.78, 5) is 16.9. The quantitative estimate of drug-likeness (QED) is 0.482. The van der Waals surface area contributed by atoms with E-state index in [2.05, 4.69) is 22.4 Å². The van der Waals surface area contributed by atoms with Gasteiger partial charge < -0.3 is 19.2 Å². The Morgan fingerprint density at radius 2 is 1.91 bits per heavy atom. The number of carbonyl (C=O) groups excluding carboxylic acids is 1. The predicted molar refractivity (Wildman–Crippen MR) is 127 cm³/mol. The molecule has 0 fully saturated rings. The van der Waals surface area contributed by atoms with Crippen molar-refractivity contribution in [1.82, 2.24) is 10.3 Å². The minimum atomic E-state index is -0.187. The molecular weight excluding hydrogens is 416 g/mol. The number of carbonyl (C=O) groups is 1. The molecule has 1 aliphatic rings. The van der Waals surface area contributed by atoms with E-state index in [0.29, 0.717) is 38.5 Å². The number of rotatable bonds is 9. The lowest BCUT2D eigenvalue weighted by Gasteiger charge is -2.20. The van der Waals surface area contributed by atoms with E-state index < -0.39 is 0 Å². The van der Waals surface area contributed by atoms with Gasteiger partial charge in [-0.25, -0.2) is 9.78 Å². The van der Waals surface area contributed by atoms with Crippen LogP contribution in [-0.4, -0.2) is 37.3 Å². The average molecular weight is 447 g/mol. The zero-order valence-corrected chi connectivity index (χ0v) is 19.2. The molecule has 6 nitrogen and oxygen atoms in total. The number of hydrogen-bond acceptors (Lipinski definition) is 6. The van der Waals surface area contributed by atoms with E-state index in [4.69, 9.17) is 13.9 Å². The Balaban J connectivity index is 1.33. The van der Waals surface area contributed by atoms with Crippen LogP contribution in [0.2, 0.25) is 0 Å². The summed E-state index contributed by atoms with van der Waals surface area (Å²) < 4.78 is 17.0. The predicted octanol–water partition coefficient (Wildman–Crippen LogP) is 4.67. The molecule has 6 heteroatoms. The molecule has 0 aliphatic carbocycles. The van der Waals surface area contributed by atoms with Crippen molar-refractivity contribution >= 4 is 5.97 Å². The van der Waals surface area contributed by atoms with Gasteiger partial charge in [-0.2, -0.15) is 0 Å². The van der Waals surface area contributed by atoms with Gasteiger partial charge in [0.1, 0.15) is 11.5 Å². The van der Waals surface area contributed by atoms with Crippen LogP contribution >= 0.6 is 0 Å². The monoisotopic (exact) mass is 446 g/mol. The molecule has 3 aromatic rings. The molecule has 1 N–H and O–H groups in total. The maximum Gasteiger partial charge on any atom is 0.334 e. The van der Waals surface area contributed by atoms with E-state index in [9.17, 15) is 4.79 Å². The minimum absolute atomic E-state index is 0.187. The fourth-order valence-electron chi connectivity index (χ4n) is 3.95. The zero-order chi connectivity index (χ0) is 23.0. The van der Waals surface area contributed by atoms with Crippen LogP contribution in [0.3, 0.4) is 0 Å². The molecule has 0 bridgehead atoms. The fourth-order valence-corrected chi connectivity index (χ4v) is 3.95. The molecule has 0 spiro atoms. The smallest absolute Gasteiger partial charge is 0.334 e. The Hall–Kier alpha value is -3.38.